The van der Waals surface area contributed by atoms with Crippen LogP contribution >= 0.6 is 0 Å². The van der Waals surface area contributed by atoms with E-state index in [1.165, 1.54) is 27.4 Å². The van der Waals surface area contributed by atoms with Crippen molar-refractivity contribution in [1.29, 1.82) is 0 Å². The zero-order valence-electron chi connectivity index (χ0n) is 26.6. The molecular weight excluding hydrogens is 597 g/mol. The van der Waals surface area contributed by atoms with Gasteiger partial charge in [0.1, 0.15) is 0 Å². The van der Waals surface area contributed by atoms with E-state index >= 15 is 0 Å². The molecule has 4 nitrogen and oxygen atoms in total. The first-order chi connectivity index (χ1) is 24.3. The van der Waals surface area contributed by atoms with E-state index in [4.69, 9.17) is 9.97 Å². The van der Waals surface area contributed by atoms with E-state index in [1.807, 2.05) is 42.7 Å². The van der Waals surface area contributed by atoms with Gasteiger partial charge in [-0.2, -0.15) is 0 Å². The van der Waals surface area contributed by atoms with Crippen LogP contribution in [0.1, 0.15) is 0 Å². The van der Waals surface area contributed by atoms with Crippen molar-refractivity contribution in [2.24, 2.45) is 0 Å². The van der Waals surface area contributed by atoms with Gasteiger partial charge in [0, 0.05) is 45.5 Å². The first-order valence-corrected chi connectivity index (χ1v) is 16.4. The Labute approximate surface area is 284 Å². The maximum atomic E-state index is 5.06. The SMILES string of the molecule is c1ccc(-c2nc(-c3ccc(-c4ccncc4)cc3)cc(-c3ccc(-c4ccc5c6ccccc6n(-c6ccccc6)c5c4)cc3)n2)cc1. The summed E-state index contributed by atoms with van der Waals surface area (Å²) in [6, 6.07) is 59.6. The Morgan fingerprint density at radius 3 is 1.53 bits per heavy atom. The van der Waals surface area contributed by atoms with E-state index in [-0.39, 0.29) is 0 Å². The molecule has 0 saturated heterocycles. The molecule has 0 aliphatic carbocycles. The van der Waals surface area contributed by atoms with Crippen LogP contribution < -0.4 is 0 Å². The van der Waals surface area contributed by atoms with Gasteiger partial charge in [-0.05, 0) is 64.7 Å². The quantitative estimate of drug-likeness (QED) is 0.184. The molecule has 0 aliphatic heterocycles. The smallest absolute Gasteiger partial charge is 0.160 e. The molecule has 0 amide bonds. The predicted molar refractivity (Wildman–Crippen MR) is 201 cm³/mol. The van der Waals surface area contributed by atoms with Crippen molar-refractivity contribution in [1.82, 2.24) is 19.5 Å². The third-order valence-electron chi connectivity index (χ3n) is 9.15. The highest BCUT2D eigenvalue weighted by atomic mass is 15.0. The molecule has 0 N–H and O–H groups in total. The van der Waals surface area contributed by atoms with E-state index in [0.29, 0.717) is 5.82 Å². The summed E-state index contributed by atoms with van der Waals surface area (Å²) in [6.07, 6.45) is 3.64. The normalized spacial score (nSPS) is 11.3. The Balaban J connectivity index is 1.11. The number of nitrogens with zero attached hydrogens (tertiary/aromatic N) is 4. The molecule has 6 aromatic carbocycles. The van der Waals surface area contributed by atoms with Crippen LogP contribution in [0.5, 0.6) is 0 Å². The topological polar surface area (TPSA) is 43.6 Å². The third-order valence-corrected chi connectivity index (χ3v) is 9.15. The van der Waals surface area contributed by atoms with Crippen LogP contribution in [-0.2, 0) is 0 Å². The molecule has 0 spiro atoms. The van der Waals surface area contributed by atoms with Gasteiger partial charge in [0.15, 0.2) is 5.82 Å². The van der Waals surface area contributed by atoms with Gasteiger partial charge < -0.3 is 4.57 Å². The molecule has 3 heterocycles. The fourth-order valence-electron chi connectivity index (χ4n) is 6.68. The summed E-state index contributed by atoms with van der Waals surface area (Å²) in [7, 11) is 0. The molecule has 0 aliphatic rings. The number of fused-ring (bicyclic) bond motifs is 3. The molecule has 9 rings (SSSR count). The molecule has 4 heteroatoms. The van der Waals surface area contributed by atoms with Crippen LogP contribution in [0.25, 0.3) is 83.6 Å². The van der Waals surface area contributed by atoms with Crippen LogP contribution in [0.3, 0.4) is 0 Å². The van der Waals surface area contributed by atoms with E-state index in [2.05, 4.69) is 149 Å². The van der Waals surface area contributed by atoms with Crippen molar-refractivity contribution in [2.45, 2.75) is 0 Å². The second-order valence-electron chi connectivity index (χ2n) is 12.1. The monoisotopic (exact) mass is 626 g/mol. The average Bonchev–Trinajstić information content (AvgIpc) is 3.52. The largest absolute Gasteiger partial charge is 0.309 e. The van der Waals surface area contributed by atoms with E-state index in [0.717, 1.165) is 50.5 Å². The number of pyridine rings is 1. The van der Waals surface area contributed by atoms with Crippen molar-refractivity contribution < 1.29 is 0 Å². The minimum absolute atomic E-state index is 0.703. The molecular formula is C45H30N4. The number of benzene rings is 6. The number of hydrogen-bond donors (Lipinski definition) is 0. The van der Waals surface area contributed by atoms with Gasteiger partial charge in [0.25, 0.3) is 0 Å². The van der Waals surface area contributed by atoms with E-state index < -0.39 is 0 Å². The zero-order chi connectivity index (χ0) is 32.6. The van der Waals surface area contributed by atoms with Crippen molar-refractivity contribution in [3.05, 3.63) is 182 Å². The highest BCUT2D eigenvalue weighted by molar-refractivity contribution is 6.10. The van der Waals surface area contributed by atoms with Gasteiger partial charge >= 0.3 is 0 Å². The van der Waals surface area contributed by atoms with Crippen molar-refractivity contribution in [3.63, 3.8) is 0 Å². The molecule has 0 bridgehead atoms. The first-order valence-electron chi connectivity index (χ1n) is 16.4. The summed E-state index contributed by atoms with van der Waals surface area (Å²) < 4.78 is 2.36. The zero-order valence-corrected chi connectivity index (χ0v) is 26.6. The predicted octanol–water partition coefficient (Wildman–Crippen LogP) is 11.3. The number of aromatic nitrogens is 4. The van der Waals surface area contributed by atoms with Crippen LogP contribution in [0.2, 0.25) is 0 Å². The summed E-state index contributed by atoms with van der Waals surface area (Å²) in [6.45, 7) is 0. The number of hydrogen-bond acceptors (Lipinski definition) is 3. The Morgan fingerprint density at radius 1 is 0.347 bits per heavy atom. The molecule has 3 aromatic heterocycles. The molecule has 0 unspecified atom stereocenters. The summed E-state index contributed by atoms with van der Waals surface area (Å²) in [5.41, 5.74) is 13.0. The highest BCUT2D eigenvalue weighted by Crippen LogP contribution is 2.36. The van der Waals surface area contributed by atoms with Gasteiger partial charge in [-0.3, -0.25) is 4.98 Å². The summed E-state index contributed by atoms with van der Waals surface area (Å²) >= 11 is 0. The Bertz CT molecular complexity index is 2560. The van der Waals surface area contributed by atoms with Crippen molar-refractivity contribution in [3.8, 4) is 61.8 Å². The maximum absolute atomic E-state index is 5.06. The van der Waals surface area contributed by atoms with Crippen LogP contribution in [-0.4, -0.2) is 19.5 Å². The minimum atomic E-state index is 0.703. The van der Waals surface area contributed by atoms with Gasteiger partial charge in [0.2, 0.25) is 0 Å². The summed E-state index contributed by atoms with van der Waals surface area (Å²) in [4.78, 5) is 14.2. The molecule has 0 saturated carbocycles. The van der Waals surface area contributed by atoms with Gasteiger partial charge in [-0.15, -0.1) is 0 Å². The van der Waals surface area contributed by atoms with Gasteiger partial charge in [-0.1, -0.05) is 127 Å². The summed E-state index contributed by atoms with van der Waals surface area (Å²) in [5.74, 6) is 0.703. The molecule has 49 heavy (non-hydrogen) atoms. The van der Waals surface area contributed by atoms with E-state index in [9.17, 15) is 0 Å². The van der Waals surface area contributed by atoms with E-state index in [1.54, 1.807) is 0 Å². The Morgan fingerprint density at radius 2 is 0.857 bits per heavy atom. The van der Waals surface area contributed by atoms with Gasteiger partial charge in [0.05, 0.1) is 22.4 Å². The first kappa shape index (κ1) is 28.6. The Hall–Kier alpha value is -6.65. The number of rotatable bonds is 6. The lowest BCUT2D eigenvalue weighted by Gasteiger charge is -2.11. The standard InChI is InChI=1S/C45H30N4/c1-3-9-36(10-4-1)45-47-41(34-19-15-31(16-20-34)33-25-27-46-28-26-33)30-42(48-45)35-21-17-32(18-22-35)37-23-24-40-39-13-7-8-14-43(39)49(44(40)29-37)38-11-5-2-6-12-38/h1-30H. The maximum Gasteiger partial charge on any atom is 0.160 e. The second-order valence-corrected chi connectivity index (χ2v) is 12.1. The molecule has 0 radical (unpaired) electrons. The molecule has 230 valence electrons. The van der Waals surface area contributed by atoms with Crippen molar-refractivity contribution in [2.75, 3.05) is 0 Å². The summed E-state index contributed by atoms with van der Waals surface area (Å²) in [5, 5.41) is 2.50. The molecule has 0 atom stereocenters. The van der Waals surface area contributed by atoms with Gasteiger partial charge in [-0.25, -0.2) is 9.97 Å². The molecule has 0 fully saturated rings. The van der Waals surface area contributed by atoms with Crippen LogP contribution in [0.15, 0.2) is 182 Å². The average molecular weight is 627 g/mol. The second kappa shape index (κ2) is 12.2. The Kier molecular flexibility index (Phi) is 7.10. The lowest BCUT2D eigenvalue weighted by Crippen LogP contribution is -1.96. The fourth-order valence-corrected chi connectivity index (χ4v) is 6.68. The van der Waals surface area contributed by atoms with Crippen LogP contribution in [0, 0.1) is 0 Å². The lowest BCUT2D eigenvalue weighted by atomic mass is 10.00. The van der Waals surface area contributed by atoms with Crippen LogP contribution in [0.4, 0.5) is 0 Å². The highest BCUT2D eigenvalue weighted by Gasteiger charge is 2.14. The molecule has 9 aromatic rings. The van der Waals surface area contributed by atoms with Crippen molar-refractivity contribution >= 4 is 21.8 Å². The lowest BCUT2D eigenvalue weighted by molar-refractivity contribution is 1.18. The fraction of sp³-hybridized carbons (Fsp3) is 0. The minimum Gasteiger partial charge on any atom is -0.309 e. The third kappa shape index (κ3) is 5.35. The number of para-hydroxylation sites is 2.